The zero-order chi connectivity index (χ0) is 13.0. The van der Waals surface area contributed by atoms with Crippen molar-refractivity contribution in [2.24, 2.45) is 5.73 Å². The molecule has 2 nitrogen and oxygen atoms in total. The van der Waals surface area contributed by atoms with E-state index in [4.69, 9.17) is 5.73 Å². The second-order valence-corrected chi connectivity index (χ2v) is 6.62. The van der Waals surface area contributed by atoms with Gasteiger partial charge < -0.3 is 5.73 Å². The molecule has 1 atom stereocenters. The van der Waals surface area contributed by atoms with Crippen LogP contribution in [-0.2, 0) is 23.1 Å². The molecule has 1 aliphatic rings. The first-order valence-electron chi connectivity index (χ1n) is 6.55. The van der Waals surface area contributed by atoms with E-state index in [9.17, 15) is 8.60 Å². The summed E-state index contributed by atoms with van der Waals surface area (Å²) in [5.41, 5.74) is 7.32. The minimum absolute atomic E-state index is 0.275. The van der Waals surface area contributed by atoms with Crippen molar-refractivity contribution in [1.82, 2.24) is 0 Å². The maximum absolute atomic E-state index is 13.1. The molecule has 0 saturated heterocycles. The van der Waals surface area contributed by atoms with Crippen LogP contribution in [0.15, 0.2) is 18.2 Å². The van der Waals surface area contributed by atoms with Crippen molar-refractivity contribution in [1.29, 1.82) is 0 Å². The molecule has 1 fully saturated rings. The Morgan fingerprint density at radius 2 is 1.94 bits per heavy atom. The maximum atomic E-state index is 13.1. The summed E-state index contributed by atoms with van der Waals surface area (Å²) in [6.07, 6.45) is 5.75. The Bertz CT molecular complexity index is 430. The molecule has 0 radical (unpaired) electrons. The fraction of sp³-hybridized carbons (Fsp3) is 0.571. The fourth-order valence-corrected chi connectivity index (χ4v) is 4.21. The van der Waals surface area contributed by atoms with Crippen molar-refractivity contribution in [3.05, 3.63) is 35.1 Å². The van der Waals surface area contributed by atoms with Gasteiger partial charge in [0.1, 0.15) is 5.82 Å². The molecule has 1 aliphatic carbocycles. The lowest BCUT2D eigenvalue weighted by Gasteiger charge is -2.21. The van der Waals surface area contributed by atoms with E-state index in [0.29, 0.717) is 17.5 Å². The van der Waals surface area contributed by atoms with E-state index in [0.717, 1.165) is 24.0 Å². The molecular formula is C14H20FNOS. The lowest BCUT2D eigenvalue weighted by molar-refractivity contribution is 0.504. The molecule has 2 rings (SSSR count). The van der Waals surface area contributed by atoms with Crippen LogP contribution < -0.4 is 5.73 Å². The second-order valence-electron chi connectivity index (χ2n) is 4.90. The van der Waals surface area contributed by atoms with Crippen LogP contribution in [0.25, 0.3) is 0 Å². The zero-order valence-corrected chi connectivity index (χ0v) is 11.3. The molecule has 1 saturated carbocycles. The monoisotopic (exact) mass is 269 g/mol. The minimum Gasteiger partial charge on any atom is -0.326 e. The molecular weight excluding hydrogens is 249 g/mol. The summed E-state index contributed by atoms with van der Waals surface area (Å²) < 4.78 is 25.4. The van der Waals surface area contributed by atoms with Gasteiger partial charge in [-0.1, -0.05) is 25.3 Å². The van der Waals surface area contributed by atoms with Gasteiger partial charge in [-0.25, -0.2) is 4.39 Å². The zero-order valence-electron chi connectivity index (χ0n) is 10.5. The summed E-state index contributed by atoms with van der Waals surface area (Å²) in [6, 6.07) is 4.60. The van der Waals surface area contributed by atoms with Crippen molar-refractivity contribution >= 4 is 10.8 Å². The van der Waals surface area contributed by atoms with E-state index in [2.05, 4.69) is 0 Å². The van der Waals surface area contributed by atoms with Crippen LogP contribution in [0, 0.1) is 5.82 Å². The van der Waals surface area contributed by atoms with Gasteiger partial charge in [-0.3, -0.25) is 4.21 Å². The molecule has 100 valence electrons. The predicted octanol–water partition coefficient (Wildman–Crippen LogP) is 2.87. The number of hydrogen-bond donors (Lipinski definition) is 1. The van der Waals surface area contributed by atoms with Crippen molar-refractivity contribution in [3.63, 3.8) is 0 Å². The van der Waals surface area contributed by atoms with Crippen LogP contribution >= 0.6 is 0 Å². The Morgan fingerprint density at radius 1 is 1.22 bits per heavy atom. The van der Waals surface area contributed by atoms with Gasteiger partial charge in [0.2, 0.25) is 0 Å². The first-order chi connectivity index (χ1) is 8.70. The second kappa shape index (κ2) is 6.43. The van der Waals surface area contributed by atoms with E-state index < -0.39 is 10.8 Å². The number of nitrogens with two attached hydrogens (primary N) is 1. The van der Waals surface area contributed by atoms with Gasteiger partial charge in [0.25, 0.3) is 0 Å². The molecule has 1 unspecified atom stereocenters. The van der Waals surface area contributed by atoms with Crippen LogP contribution in [0.1, 0.15) is 43.2 Å². The highest BCUT2D eigenvalue weighted by atomic mass is 32.2. The normalized spacial score (nSPS) is 18.8. The Balaban J connectivity index is 2.06. The van der Waals surface area contributed by atoms with Crippen LogP contribution in [0.2, 0.25) is 0 Å². The Morgan fingerprint density at radius 3 is 2.61 bits per heavy atom. The molecule has 0 amide bonds. The van der Waals surface area contributed by atoms with E-state index in [1.165, 1.54) is 31.4 Å². The Hall–Kier alpha value is -0.740. The first-order valence-corrected chi connectivity index (χ1v) is 7.93. The molecule has 18 heavy (non-hydrogen) atoms. The number of benzene rings is 1. The highest BCUT2D eigenvalue weighted by Gasteiger charge is 2.20. The van der Waals surface area contributed by atoms with Gasteiger partial charge in [0.05, 0.1) is 0 Å². The Kier molecular flexibility index (Phi) is 4.89. The van der Waals surface area contributed by atoms with Crippen LogP contribution in [0.4, 0.5) is 4.39 Å². The van der Waals surface area contributed by atoms with Crippen molar-refractivity contribution < 1.29 is 8.60 Å². The van der Waals surface area contributed by atoms with E-state index in [1.54, 1.807) is 6.07 Å². The smallest absolute Gasteiger partial charge is 0.123 e. The van der Waals surface area contributed by atoms with Gasteiger partial charge >= 0.3 is 0 Å². The Labute approximate surface area is 110 Å². The molecule has 0 bridgehead atoms. The average Bonchev–Trinajstić information content (AvgIpc) is 2.41. The topological polar surface area (TPSA) is 43.1 Å². The van der Waals surface area contributed by atoms with E-state index >= 15 is 0 Å². The largest absolute Gasteiger partial charge is 0.326 e. The predicted molar refractivity (Wildman–Crippen MR) is 73.0 cm³/mol. The summed E-state index contributed by atoms with van der Waals surface area (Å²) in [4.78, 5) is 0. The molecule has 0 aromatic heterocycles. The molecule has 1 aromatic rings. The lowest BCUT2D eigenvalue weighted by atomic mass is 10.0. The molecule has 2 N–H and O–H groups in total. The van der Waals surface area contributed by atoms with Gasteiger partial charge in [-0.2, -0.15) is 0 Å². The summed E-state index contributed by atoms with van der Waals surface area (Å²) >= 11 is 0. The highest BCUT2D eigenvalue weighted by molar-refractivity contribution is 7.84. The quantitative estimate of drug-likeness (QED) is 0.913. The number of hydrogen-bond acceptors (Lipinski definition) is 2. The van der Waals surface area contributed by atoms with Crippen molar-refractivity contribution in [2.75, 3.05) is 0 Å². The maximum Gasteiger partial charge on any atom is 0.123 e. The SMILES string of the molecule is NCc1cc(F)ccc1CS(=O)C1CCCCC1. The third kappa shape index (κ3) is 3.39. The summed E-state index contributed by atoms with van der Waals surface area (Å²) in [7, 11) is -0.854. The van der Waals surface area contributed by atoms with Gasteiger partial charge in [-0.05, 0) is 36.1 Å². The molecule has 4 heteroatoms. The summed E-state index contributed by atoms with van der Waals surface area (Å²) in [5.74, 6) is 0.236. The number of halogens is 1. The van der Waals surface area contributed by atoms with Gasteiger partial charge in [-0.15, -0.1) is 0 Å². The molecule has 0 heterocycles. The standard InChI is InChI=1S/C14H20FNOS/c15-13-7-6-11(12(8-13)9-16)10-18(17)14-4-2-1-3-5-14/h6-8,14H,1-5,9-10,16H2. The minimum atomic E-state index is -0.854. The average molecular weight is 269 g/mol. The molecule has 0 spiro atoms. The van der Waals surface area contributed by atoms with Crippen LogP contribution in [-0.4, -0.2) is 9.46 Å². The van der Waals surface area contributed by atoms with Gasteiger partial charge in [0, 0.05) is 28.3 Å². The van der Waals surface area contributed by atoms with E-state index in [1.807, 2.05) is 0 Å². The first kappa shape index (κ1) is 13.7. The summed E-state index contributed by atoms with van der Waals surface area (Å²) in [5, 5.41) is 0.314. The highest BCUT2D eigenvalue weighted by Crippen LogP contribution is 2.24. The summed E-state index contributed by atoms with van der Waals surface area (Å²) in [6.45, 7) is 0.301. The third-order valence-electron chi connectivity index (χ3n) is 3.61. The van der Waals surface area contributed by atoms with Crippen molar-refractivity contribution in [2.45, 2.75) is 49.7 Å². The lowest BCUT2D eigenvalue weighted by Crippen LogP contribution is -2.20. The van der Waals surface area contributed by atoms with Gasteiger partial charge in [0.15, 0.2) is 0 Å². The van der Waals surface area contributed by atoms with Crippen molar-refractivity contribution in [3.8, 4) is 0 Å². The van der Waals surface area contributed by atoms with E-state index in [-0.39, 0.29) is 5.82 Å². The van der Waals surface area contributed by atoms with Crippen LogP contribution in [0.3, 0.4) is 0 Å². The number of rotatable bonds is 4. The fourth-order valence-electron chi connectivity index (χ4n) is 2.52. The molecule has 1 aromatic carbocycles. The van der Waals surface area contributed by atoms with Crippen LogP contribution in [0.5, 0.6) is 0 Å². The third-order valence-corrected chi connectivity index (χ3v) is 5.42. The molecule has 0 aliphatic heterocycles.